The van der Waals surface area contributed by atoms with E-state index in [4.69, 9.17) is 4.74 Å². The van der Waals surface area contributed by atoms with Crippen LogP contribution in [0.25, 0.3) is 0 Å². The molecule has 1 aromatic heterocycles. The molecule has 0 fully saturated rings. The molecule has 0 aliphatic heterocycles. The van der Waals surface area contributed by atoms with Crippen LogP contribution in [-0.2, 0) is 10.0 Å². The average Bonchev–Trinajstić information content (AvgIpc) is 2.43. The van der Waals surface area contributed by atoms with Crippen molar-refractivity contribution in [3.63, 3.8) is 0 Å². The second kappa shape index (κ2) is 6.14. The third-order valence-corrected chi connectivity index (χ3v) is 4.88. The van der Waals surface area contributed by atoms with Gasteiger partial charge in [-0.3, -0.25) is 4.72 Å². The number of anilines is 1. The number of benzene rings is 1. The number of hydrogen-bond acceptors (Lipinski definition) is 5. The lowest BCUT2D eigenvalue weighted by Crippen LogP contribution is -2.16. The van der Waals surface area contributed by atoms with Gasteiger partial charge in [0.2, 0.25) is 0 Å². The van der Waals surface area contributed by atoms with E-state index in [-0.39, 0.29) is 10.9 Å². The third-order valence-electron chi connectivity index (χ3n) is 2.79. The maximum Gasteiger partial charge on any atom is 0.316 e. The number of aromatic nitrogens is 2. The molecule has 0 amide bonds. The summed E-state index contributed by atoms with van der Waals surface area (Å²) >= 11 is 2.12. The summed E-state index contributed by atoms with van der Waals surface area (Å²) in [7, 11) is -2.21. The van der Waals surface area contributed by atoms with Crippen LogP contribution in [0.3, 0.4) is 0 Å². The first-order chi connectivity index (χ1) is 9.83. The minimum absolute atomic E-state index is 0.192. The summed E-state index contributed by atoms with van der Waals surface area (Å²) in [6.07, 6.45) is 0. The van der Waals surface area contributed by atoms with Crippen molar-refractivity contribution in [1.29, 1.82) is 0 Å². The summed E-state index contributed by atoms with van der Waals surface area (Å²) in [5.74, 6) is 0. The maximum atomic E-state index is 12.4. The van der Waals surface area contributed by atoms with E-state index in [1.807, 2.05) is 0 Å². The van der Waals surface area contributed by atoms with Crippen LogP contribution in [0.5, 0.6) is 6.01 Å². The Morgan fingerprint density at radius 3 is 2.10 bits per heavy atom. The van der Waals surface area contributed by atoms with E-state index in [1.165, 1.54) is 7.11 Å². The van der Waals surface area contributed by atoms with Gasteiger partial charge >= 0.3 is 6.01 Å². The Labute approximate surface area is 137 Å². The highest BCUT2D eigenvalue weighted by atomic mass is 127. The van der Waals surface area contributed by atoms with E-state index < -0.39 is 10.0 Å². The molecule has 0 bridgehead atoms. The number of nitrogens with zero attached hydrogens (tertiary/aromatic N) is 2. The number of rotatable bonds is 4. The fraction of sp³-hybridized carbons (Fsp3) is 0.231. The highest BCUT2D eigenvalue weighted by Crippen LogP contribution is 2.23. The van der Waals surface area contributed by atoms with Crippen molar-refractivity contribution in [1.82, 2.24) is 9.97 Å². The molecule has 8 heteroatoms. The predicted molar refractivity (Wildman–Crippen MR) is 88.0 cm³/mol. The standard InChI is InChI=1S/C13H14IN3O3S/c1-8-12(9(2)16-13(15-8)20-3)17-21(18,19)11-6-4-10(14)5-7-11/h4-7,17H,1-3H3. The molecule has 1 N–H and O–H groups in total. The van der Waals surface area contributed by atoms with Crippen LogP contribution >= 0.6 is 22.6 Å². The first kappa shape index (κ1) is 16.0. The van der Waals surface area contributed by atoms with Crippen molar-refractivity contribution >= 4 is 38.3 Å². The molecule has 1 aromatic carbocycles. The molecule has 21 heavy (non-hydrogen) atoms. The van der Waals surface area contributed by atoms with Gasteiger partial charge in [-0.1, -0.05) is 0 Å². The molecule has 6 nitrogen and oxygen atoms in total. The van der Waals surface area contributed by atoms with E-state index >= 15 is 0 Å². The largest absolute Gasteiger partial charge is 0.467 e. The van der Waals surface area contributed by atoms with E-state index in [1.54, 1.807) is 38.1 Å². The summed E-state index contributed by atoms with van der Waals surface area (Å²) in [5.41, 5.74) is 1.39. The van der Waals surface area contributed by atoms with Gasteiger partial charge in [-0.15, -0.1) is 0 Å². The smallest absolute Gasteiger partial charge is 0.316 e. The molecule has 0 spiro atoms. The van der Waals surface area contributed by atoms with Gasteiger partial charge in [0, 0.05) is 3.57 Å². The van der Waals surface area contributed by atoms with E-state index in [9.17, 15) is 8.42 Å². The molecule has 2 aromatic rings. The number of hydrogen-bond donors (Lipinski definition) is 1. The maximum absolute atomic E-state index is 12.4. The molecular formula is C13H14IN3O3S. The second-order valence-electron chi connectivity index (χ2n) is 4.32. The topological polar surface area (TPSA) is 81.2 Å². The highest BCUT2D eigenvalue weighted by molar-refractivity contribution is 14.1. The minimum atomic E-state index is -3.67. The summed E-state index contributed by atoms with van der Waals surface area (Å²) < 4.78 is 33.2. The van der Waals surface area contributed by atoms with Crippen molar-refractivity contribution in [2.24, 2.45) is 0 Å². The van der Waals surface area contributed by atoms with Gasteiger partial charge in [0.1, 0.15) is 0 Å². The lowest BCUT2D eigenvalue weighted by atomic mass is 10.3. The van der Waals surface area contributed by atoms with E-state index in [2.05, 4.69) is 37.3 Å². The summed E-state index contributed by atoms with van der Waals surface area (Å²) in [4.78, 5) is 8.36. The normalized spacial score (nSPS) is 11.2. The molecule has 112 valence electrons. The lowest BCUT2D eigenvalue weighted by molar-refractivity contribution is 0.378. The Kier molecular flexibility index (Phi) is 4.67. The van der Waals surface area contributed by atoms with Gasteiger partial charge in [-0.25, -0.2) is 8.42 Å². The molecule has 2 rings (SSSR count). The Morgan fingerprint density at radius 1 is 1.10 bits per heavy atom. The first-order valence-electron chi connectivity index (χ1n) is 6.01. The molecule has 1 heterocycles. The minimum Gasteiger partial charge on any atom is -0.467 e. The number of nitrogens with one attached hydrogen (secondary N) is 1. The van der Waals surface area contributed by atoms with Gasteiger partial charge < -0.3 is 4.74 Å². The Morgan fingerprint density at radius 2 is 1.62 bits per heavy atom. The Bertz CT molecular complexity index is 738. The summed E-state index contributed by atoms with van der Waals surface area (Å²) in [6.45, 7) is 3.39. The highest BCUT2D eigenvalue weighted by Gasteiger charge is 2.18. The Hall–Kier alpha value is -1.42. The molecule has 0 radical (unpaired) electrons. The van der Waals surface area contributed by atoms with Crippen LogP contribution in [0.15, 0.2) is 29.2 Å². The summed E-state index contributed by atoms with van der Waals surface area (Å²) in [5, 5.41) is 0. The monoisotopic (exact) mass is 419 g/mol. The average molecular weight is 419 g/mol. The van der Waals surface area contributed by atoms with Crippen LogP contribution in [0, 0.1) is 17.4 Å². The fourth-order valence-electron chi connectivity index (χ4n) is 1.73. The van der Waals surface area contributed by atoms with Gasteiger partial charge in [-0.2, -0.15) is 9.97 Å². The number of sulfonamides is 1. The van der Waals surface area contributed by atoms with Crippen molar-refractivity contribution < 1.29 is 13.2 Å². The number of methoxy groups -OCH3 is 1. The number of halogens is 1. The second-order valence-corrected chi connectivity index (χ2v) is 7.24. The molecule has 0 aliphatic carbocycles. The third kappa shape index (κ3) is 3.62. The quantitative estimate of drug-likeness (QED) is 0.771. The van der Waals surface area contributed by atoms with Gasteiger partial charge in [-0.05, 0) is 60.7 Å². The Balaban J connectivity index is 2.39. The predicted octanol–water partition coefficient (Wildman–Crippen LogP) is 2.51. The van der Waals surface area contributed by atoms with Crippen LogP contribution in [-0.4, -0.2) is 25.5 Å². The van der Waals surface area contributed by atoms with Crippen LogP contribution in [0.2, 0.25) is 0 Å². The van der Waals surface area contributed by atoms with Crippen molar-refractivity contribution in [2.45, 2.75) is 18.7 Å². The van der Waals surface area contributed by atoms with Crippen molar-refractivity contribution in [3.8, 4) is 6.01 Å². The fourth-order valence-corrected chi connectivity index (χ4v) is 3.27. The molecule has 0 aliphatic rings. The molecular weight excluding hydrogens is 405 g/mol. The molecule has 0 saturated heterocycles. The van der Waals surface area contributed by atoms with E-state index in [0.717, 1.165) is 3.57 Å². The van der Waals surface area contributed by atoms with Gasteiger partial charge in [0.15, 0.2) is 0 Å². The number of aryl methyl sites for hydroxylation is 2. The van der Waals surface area contributed by atoms with Gasteiger partial charge in [0.05, 0.1) is 29.1 Å². The van der Waals surface area contributed by atoms with Crippen LogP contribution < -0.4 is 9.46 Å². The molecule has 0 saturated carbocycles. The van der Waals surface area contributed by atoms with Crippen molar-refractivity contribution in [2.75, 3.05) is 11.8 Å². The SMILES string of the molecule is COc1nc(C)c(NS(=O)(=O)c2ccc(I)cc2)c(C)n1. The molecule has 0 unspecified atom stereocenters. The van der Waals surface area contributed by atoms with Crippen LogP contribution in [0.4, 0.5) is 5.69 Å². The zero-order chi connectivity index (χ0) is 15.6. The van der Waals surface area contributed by atoms with Crippen molar-refractivity contribution in [3.05, 3.63) is 39.2 Å². The number of ether oxygens (including phenoxy) is 1. The lowest BCUT2D eigenvalue weighted by Gasteiger charge is -2.13. The molecule has 0 atom stereocenters. The van der Waals surface area contributed by atoms with Crippen LogP contribution in [0.1, 0.15) is 11.4 Å². The zero-order valence-electron chi connectivity index (χ0n) is 11.7. The summed E-state index contributed by atoms with van der Waals surface area (Å²) in [6, 6.07) is 6.79. The zero-order valence-corrected chi connectivity index (χ0v) is 14.7. The van der Waals surface area contributed by atoms with E-state index in [0.29, 0.717) is 17.1 Å². The first-order valence-corrected chi connectivity index (χ1v) is 8.57. The van der Waals surface area contributed by atoms with Gasteiger partial charge in [0.25, 0.3) is 10.0 Å².